The van der Waals surface area contributed by atoms with Crippen LogP contribution < -0.4 is 0 Å². The zero-order valence-corrected chi connectivity index (χ0v) is 9.88. The smallest absolute Gasteiger partial charge is 0.184 e. The molecule has 18 heavy (non-hydrogen) atoms. The van der Waals surface area contributed by atoms with Crippen LogP contribution in [0.15, 0.2) is 24.3 Å². The van der Waals surface area contributed by atoms with Crippen molar-refractivity contribution in [1.82, 2.24) is 14.8 Å². The second-order valence-corrected chi connectivity index (χ2v) is 4.52. The van der Waals surface area contributed by atoms with E-state index in [2.05, 4.69) is 10.1 Å². The van der Waals surface area contributed by atoms with Crippen LogP contribution in [0.25, 0.3) is 11.4 Å². The van der Waals surface area contributed by atoms with Gasteiger partial charge in [-0.05, 0) is 25.0 Å². The average molecular weight is 247 g/mol. The molecular weight excluding hydrogens is 233 g/mol. The fraction of sp³-hybridized carbons (Fsp3) is 0.385. The van der Waals surface area contributed by atoms with Crippen molar-refractivity contribution >= 4 is 0 Å². The Morgan fingerprint density at radius 1 is 1.39 bits per heavy atom. The molecule has 1 atom stereocenters. The zero-order valence-electron chi connectivity index (χ0n) is 9.88. The Bertz CT molecular complexity index is 567. The molecule has 4 nitrogen and oxygen atoms in total. The van der Waals surface area contributed by atoms with Gasteiger partial charge in [0.15, 0.2) is 5.82 Å². The number of fused-ring (bicyclic) bond motifs is 1. The van der Waals surface area contributed by atoms with E-state index < -0.39 is 0 Å². The van der Waals surface area contributed by atoms with Gasteiger partial charge in [-0.3, -0.25) is 0 Å². The van der Waals surface area contributed by atoms with E-state index in [9.17, 15) is 9.50 Å². The summed E-state index contributed by atoms with van der Waals surface area (Å²) in [5, 5.41) is 13.7. The van der Waals surface area contributed by atoms with Crippen molar-refractivity contribution in [2.45, 2.75) is 25.3 Å². The van der Waals surface area contributed by atoms with Crippen molar-refractivity contribution in [3.05, 3.63) is 35.9 Å². The summed E-state index contributed by atoms with van der Waals surface area (Å²) in [6.45, 7) is 0.850. The lowest BCUT2D eigenvalue weighted by molar-refractivity contribution is 0.234. The van der Waals surface area contributed by atoms with Crippen molar-refractivity contribution < 1.29 is 9.50 Å². The average Bonchev–Trinajstić information content (AvgIpc) is 2.82. The van der Waals surface area contributed by atoms with E-state index in [0.717, 1.165) is 25.2 Å². The summed E-state index contributed by atoms with van der Waals surface area (Å²) in [7, 11) is 0. The summed E-state index contributed by atoms with van der Waals surface area (Å²) >= 11 is 0. The normalized spacial score (nSPS) is 18.7. The number of benzene rings is 1. The third-order valence-corrected chi connectivity index (χ3v) is 3.32. The molecule has 5 heteroatoms. The maximum absolute atomic E-state index is 13.7. The maximum Gasteiger partial charge on any atom is 0.184 e. The molecule has 1 N–H and O–H groups in total. The number of aromatic nitrogens is 3. The minimum absolute atomic E-state index is 0.0202. The predicted molar refractivity (Wildman–Crippen MR) is 64.5 cm³/mol. The SMILES string of the molecule is OCC1CCCn2nc(-c3ccccc3F)nc21. The Balaban J connectivity index is 2.05. The summed E-state index contributed by atoms with van der Waals surface area (Å²) < 4.78 is 15.5. The first kappa shape index (κ1) is 11.3. The van der Waals surface area contributed by atoms with E-state index in [1.165, 1.54) is 6.07 Å². The molecule has 0 saturated heterocycles. The monoisotopic (exact) mass is 247 g/mol. The highest BCUT2D eigenvalue weighted by Crippen LogP contribution is 2.28. The number of rotatable bonds is 2. The van der Waals surface area contributed by atoms with Crippen molar-refractivity contribution in [3.63, 3.8) is 0 Å². The Kier molecular flexibility index (Phi) is 2.83. The molecule has 3 rings (SSSR count). The number of aliphatic hydroxyl groups excluding tert-OH is 1. The Hall–Kier alpha value is -1.75. The van der Waals surface area contributed by atoms with E-state index in [-0.39, 0.29) is 18.3 Å². The number of hydrogen-bond donors (Lipinski definition) is 1. The number of aliphatic hydroxyl groups is 1. The van der Waals surface area contributed by atoms with Gasteiger partial charge in [-0.2, -0.15) is 5.10 Å². The van der Waals surface area contributed by atoms with Crippen molar-refractivity contribution in [3.8, 4) is 11.4 Å². The van der Waals surface area contributed by atoms with Crippen LogP contribution in [0.2, 0.25) is 0 Å². The van der Waals surface area contributed by atoms with Gasteiger partial charge < -0.3 is 5.11 Å². The number of halogens is 1. The van der Waals surface area contributed by atoms with Gasteiger partial charge >= 0.3 is 0 Å². The fourth-order valence-electron chi connectivity index (χ4n) is 2.37. The highest BCUT2D eigenvalue weighted by Gasteiger charge is 2.24. The van der Waals surface area contributed by atoms with Crippen LogP contribution in [-0.4, -0.2) is 26.5 Å². The van der Waals surface area contributed by atoms with Crippen molar-refractivity contribution in [2.24, 2.45) is 0 Å². The first-order chi connectivity index (χ1) is 8.79. The van der Waals surface area contributed by atoms with Gasteiger partial charge in [0.25, 0.3) is 0 Å². The quantitative estimate of drug-likeness (QED) is 0.882. The van der Waals surface area contributed by atoms with Crippen molar-refractivity contribution in [1.29, 1.82) is 0 Å². The Morgan fingerprint density at radius 2 is 2.22 bits per heavy atom. The molecular formula is C13H14FN3O. The summed E-state index contributed by atoms with van der Waals surface area (Å²) in [5.74, 6) is 0.873. The minimum Gasteiger partial charge on any atom is -0.396 e. The third-order valence-electron chi connectivity index (χ3n) is 3.32. The van der Waals surface area contributed by atoms with Crippen LogP contribution in [0.3, 0.4) is 0 Å². The molecule has 0 saturated carbocycles. The topological polar surface area (TPSA) is 50.9 Å². The molecule has 1 aliphatic heterocycles. The summed E-state index contributed by atoms with van der Waals surface area (Å²) in [6.07, 6.45) is 1.88. The molecule has 1 aromatic heterocycles. The molecule has 1 unspecified atom stereocenters. The molecule has 0 fully saturated rings. The zero-order chi connectivity index (χ0) is 12.5. The van der Waals surface area contributed by atoms with Crippen LogP contribution >= 0.6 is 0 Å². The molecule has 0 radical (unpaired) electrons. The van der Waals surface area contributed by atoms with Crippen molar-refractivity contribution in [2.75, 3.05) is 6.61 Å². The first-order valence-electron chi connectivity index (χ1n) is 6.10. The summed E-state index contributed by atoms with van der Waals surface area (Å²) in [4.78, 5) is 4.39. The second-order valence-electron chi connectivity index (χ2n) is 4.52. The molecule has 94 valence electrons. The molecule has 0 aliphatic carbocycles. The van der Waals surface area contributed by atoms with Gasteiger partial charge in [0.2, 0.25) is 0 Å². The molecule has 0 bridgehead atoms. The number of hydrogen-bond acceptors (Lipinski definition) is 3. The van der Waals surface area contributed by atoms with E-state index in [4.69, 9.17) is 0 Å². The minimum atomic E-state index is -0.319. The lowest BCUT2D eigenvalue weighted by atomic mass is 10.0. The molecule has 0 spiro atoms. The van der Waals surface area contributed by atoms with E-state index in [1.54, 1.807) is 22.9 Å². The lowest BCUT2D eigenvalue weighted by Gasteiger charge is -2.19. The van der Waals surface area contributed by atoms with E-state index in [0.29, 0.717) is 11.4 Å². The van der Waals surface area contributed by atoms with Gasteiger partial charge in [0, 0.05) is 12.5 Å². The molecule has 1 aliphatic rings. The first-order valence-corrected chi connectivity index (χ1v) is 6.10. The Labute approximate surface area is 104 Å². The number of nitrogens with zero attached hydrogens (tertiary/aromatic N) is 3. The van der Waals surface area contributed by atoms with E-state index >= 15 is 0 Å². The maximum atomic E-state index is 13.7. The molecule has 0 amide bonds. The summed E-state index contributed by atoms with van der Waals surface area (Å²) in [6, 6.07) is 6.48. The summed E-state index contributed by atoms with van der Waals surface area (Å²) in [5.41, 5.74) is 0.413. The highest BCUT2D eigenvalue weighted by molar-refractivity contribution is 5.55. The largest absolute Gasteiger partial charge is 0.396 e. The van der Waals surface area contributed by atoms with E-state index in [1.807, 2.05) is 0 Å². The highest BCUT2D eigenvalue weighted by atomic mass is 19.1. The van der Waals surface area contributed by atoms with Gasteiger partial charge in [0.1, 0.15) is 11.6 Å². The van der Waals surface area contributed by atoms with Crippen LogP contribution in [0.1, 0.15) is 24.6 Å². The fourth-order valence-corrected chi connectivity index (χ4v) is 2.37. The van der Waals surface area contributed by atoms with Crippen LogP contribution in [0.5, 0.6) is 0 Å². The molecule has 2 aromatic rings. The second kappa shape index (κ2) is 4.49. The standard InChI is InChI=1S/C13H14FN3O/c14-11-6-2-1-5-10(11)12-15-13-9(8-18)4-3-7-17(13)16-12/h1-2,5-6,9,18H,3-4,7-8H2. The lowest BCUT2D eigenvalue weighted by Crippen LogP contribution is -2.19. The number of aryl methyl sites for hydroxylation is 1. The Morgan fingerprint density at radius 3 is 3.00 bits per heavy atom. The van der Waals surface area contributed by atoms with Gasteiger partial charge in [-0.15, -0.1) is 0 Å². The van der Waals surface area contributed by atoms with Gasteiger partial charge in [-0.25, -0.2) is 14.1 Å². The predicted octanol–water partition coefficient (Wildman–Crippen LogP) is 1.95. The van der Waals surface area contributed by atoms with Gasteiger partial charge in [-0.1, -0.05) is 12.1 Å². The molecule has 1 aromatic carbocycles. The van der Waals surface area contributed by atoms with Gasteiger partial charge in [0.05, 0.1) is 12.2 Å². The van der Waals surface area contributed by atoms with Crippen LogP contribution in [-0.2, 0) is 6.54 Å². The third kappa shape index (κ3) is 1.80. The molecule has 2 heterocycles. The van der Waals surface area contributed by atoms with Crippen LogP contribution in [0.4, 0.5) is 4.39 Å². The van der Waals surface area contributed by atoms with Crippen LogP contribution in [0, 0.1) is 5.82 Å².